The van der Waals surface area contributed by atoms with Crippen molar-refractivity contribution in [1.82, 2.24) is 0 Å². The summed E-state index contributed by atoms with van der Waals surface area (Å²) in [6.07, 6.45) is 19.8. The molecule has 1 heteroatoms. The van der Waals surface area contributed by atoms with Crippen molar-refractivity contribution in [2.24, 2.45) is 11.8 Å². The first-order chi connectivity index (χ1) is 10.7. The molecule has 1 aliphatic rings. The van der Waals surface area contributed by atoms with Gasteiger partial charge in [0.25, 0.3) is 0 Å². The van der Waals surface area contributed by atoms with Crippen molar-refractivity contribution in [1.29, 1.82) is 0 Å². The van der Waals surface area contributed by atoms with Gasteiger partial charge in [-0.2, -0.15) is 0 Å². The Kier molecular flexibility index (Phi) is 9.86. The Morgan fingerprint density at radius 2 is 1.91 bits per heavy atom. The summed E-state index contributed by atoms with van der Waals surface area (Å²) in [6, 6.07) is 0. The Morgan fingerprint density at radius 3 is 2.64 bits per heavy atom. The summed E-state index contributed by atoms with van der Waals surface area (Å²) in [5.74, 6) is 1.47. The summed E-state index contributed by atoms with van der Waals surface area (Å²) in [6.45, 7) is 8.59. The number of allylic oxidation sites excluding steroid dienone is 5. The summed E-state index contributed by atoms with van der Waals surface area (Å²) in [5, 5.41) is 0. The Morgan fingerprint density at radius 1 is 1.14 bits per heavy atom. The number of Topliss-reactive ketones (excluding diaryl/α,β-unsaturated/α-hetero) is 1. The zero-order valence-electron chi connectivity index (χ0n) is 14.7. The van der Waals surface area contributed by atoms with Gasteiger partial charge in [0.1, 0.15) is 5.78 Å². The third-order valence-corrected chi connectivity index (χ3v) is 4.65. The van der Waals surface area contributed by atoms with Gasteiger partial charge in [0.2, 0.25) is 0 Å². The molecule has 2 atom stereocenters. The van der Waals surface area contributed by atoms with Gasteiger partial charge in [-0.25, -0.2) is 0 Å². The molecule has 1 aliphatic carbocycles. The number of hydrogen-bond donors (Lipinski definition) is 0. The van der Waals surface area contributed by atoms with Crippen LogP contribution in [0.3, 0.4) is 0 Å². The largest absolute Gasteiger partial charge is 0.300 e. The average Bonchev–Trinajstić information content (AvgIpc) is 2.86. The van der Waals surface area contributed by atoms with Crippen molar-refractivity contribution in [2.45, 2.75) is 78.1 Å². The van der Waals surface area contributed by atoms with E-state index in [1.165, 1.54) is 37.7 Å². The van der Waals surface area contributed by atoms with Crippen LogP contribution in [0.4, 0.5) is 0 Å². The molecule has 1 rings (SSSR count). The Hall–Kier alpha value is -1.11. The van der Waals surface area contributed by atoms with Crippen LogP contribution in [0.5, 0.6) is 0 Å². The highest BCUT2D eigenvalue weighted by atomic mass is 16.1. The molecule has 0 spiro atoms. The number of carbonyl (C=O) groups excluding carboxylic acids is 1. The summed E-state index contributed by atoms with van der Waals surface area (Å²) >= 11 is 0. The highest BCUT2D eigenvalue weighted by Gasteiger charge is 2.24. The molecule has 0 amide bonds. The Labute approximate surface area is 137 Å². The highest BCUT2D eigenvalue weighted by molar-refractivity contribution is 5.78. The van der Waals surface area contributed by atoms with Crippen LogP contribution in [0, 0.1) is 11.8 Å². The average molecular weight is 303 g/mol. The van der Waals surface area contributed by atoms with Crippen molar-refractivity contribution in [2.75, 3.05) is 0 Å². The van der Waals surface area contributed by atoms with Gasteiger partial charge < -0.3 is 0 Å². The zero-order valence-corrected chi connectivity index (χ0v) is 14.7. The number of ketones is 1. The van der Waals surface area contributed by atoms with Crippen LogP contribution in [0.1, 0.15) is 78.1 Å². The summed E-state index contributed by atoms with van der Waals surface area (Å²) < 4.78 is 0. The van der Waals surface area contributed by atoms with E-state index >= 15 is 0 Å². The maximum atomic E-state index is 11.9. The number of hydrogen-bond acceptors (Lipinski definition) is 1. The molecule has 0 radical (unpaired) electrons. The normalized spacial score (nSPS) is 21.1. The van der Waals surface area contributed by atoms with Crippen molar-refractivity contribution < 1.29 is 4.79 Å². The molecule has 0 saturated carbocycles. The van der Waals surface area contributed by atoms with Gasteiger partial charge in [-0.3, -0.25) is 4.79 Å². The molecule has 0 aliphatic heterocycles. The van der Waals surface area contributed by atoms with E-state index in [0.717, 1.165) is 32.1 Å². The third kappa shape index (κ3) is 7.24. The van der Waals surface area contributed by atoms with Gasteiger partial charge >= 0.3 is 0 Å². The van der Waals surface area contributed by atoms with E-state index < -0.39 is 0 Å². The molecule has 0 bridgehead atoms. The monoisotopic (exact) mass is 302 g/mol. The van der Waals surface area contributed by atoms with E-state index in [1.807, 2.05) is 0 Å². The molecule has 0 aromatic rings. The number of unbranched alkanes of at least 4 members (excludes halogenated alkanes) is 4. The van der Waals surface area contributed by atoms with E-state index in [0.29, 0.717) is 17.6 Å². The molecule has 0 aromatic carbocycles. The third-order valence-electron chi connectivity index (χ3n) is 4.65. The lowest BCUT2D eigenvalue weighted by Gasteiger charge is -2.18. The minimum atomic E-state index is 0.441. The van der Waals surface area contributed by atoms with Crippen molar-refractivity contribution in [3.8, 4) is 0 Å². The van der Waals surface area contributed by atoms with Crippen molar-refractivity contribution in [3.05, 3.63) is 36.5 Å². The highest BCUT2D eigenvalue weighted by Crippen LogP contribution is 2.35. The SMILES string of the molecule is C=C1C=C[C@H](CCC(=O)CCCCC)C1C/C=C\CCCC. The fourth-order valence-corrected chi connectivity index (χ4v) is 3.11. The van der Waals surface area contributed by atoms with Crippen LogP contribution in [-0.4, -0.2) is 5.78 Å². The van der Waals surface area contributed by atoms with E-state index in [2.05, 4.69) is 44.7 Å². The predicted molar refractivity (Wildman–Crippen MR) is 96.9 cm³/mol. The molecule has 0 heterocycles. The van der Waals surface area contributed by atoms with Gasteiger partial charge in [-0.1, -0.05) is 76.0 Å². The van der Waals surface area contributed by atoms with Gasteiger partial charge in [0.05, 0.1) is 0 Å². The fourth-order valence-electron chi connectivity index (χ4n) is 3.11. The van der Waals surface area contributed by atoms with E-state index in [9.17, 15) is 4.79 Å². The minimum Gasteiger partial charge on any atom is -0.300 e. The molecule has 0 aromatic heterocycles. The first-order valence-electron chi connectivity index (χ1n) is 9.22. The Balaban J connectivity index is 2.31. The fraction of sp³-hybridized carbons (Fsp3) is 0.667. The second-order valence-electron chi connectivity index (χ2n) is 6.59. The van der Waals surface area contributed by atoms with Gasteiger partial charge in [-0.05, 0) is 37.5 Å². The van der Waals surface area contributed by atoms with Crippen LogP contribution < -0.4 is 0 Å². The number of rotatable bonds is 12. The van der Waals surface area contributed by atoms with Crippen molar-refractivity contribution >= 4 is 5.78 Å². The topological polar surface area (TPSA) is 17.1 Å². The zero-order chi connectivity index (χ0) is 16.2. The first-order valence-corrected chi connectivity index (χ1v) is 9.22. The standard InChI is InChI=1S/C21H34O/c1-4-6-8-9-11-13-21-18(3)14-15-19(21)16-17-20(22)12-10-7-5-2/h9,11,14-15,19,21H,3-8,10,12-13,16-17H2,1-2H3/b11-9-/t19-,21?/m1/s1. The summed E-state index contributed by atoms with van der Waals surface area (Å²) in [4.78, 5) is 11.9. The summed E-state index contributed by atoms with van der Waals surface area (Å²) in [5.41, 5.74) is 1.24. The smallest absolute Gasteiger partial charge is 0.132 e. The van der Waals surface area contributed by atoms with Crippen LogP contribution in [0.2, 0.25) is 0 Å². The quantitative estimate of drug-likeness (QED) is 0.300. The predicted octanol–water partition coefficient (Wildman–Crippen LogP) is 6.41. The molecule has 0 N–H and O–H groups in total. The van der Waals surface area contributed by atoms with Crippen LogP contribution in [-0.2, 0) is 4.79 Å². The second kappa shape index (κ2) is 11.5. The van der Waals surface area contributed by atoms with E-state index in [4.69, 9.17) is 0 Å². The van der Waals surface area contributed by atoms with Crippen molar-refractivity contribution in [3.63, 3.8) is 0 Å². The molecule has 124 valence electrons. The maximum Gasteiger partial charge on any atom is 0.132 e. The van der Waals surface area contributed by atoms with E-state index in [-0.39, 0.29) is 0 Å². The lowest BCUT2D eigenvalue weighted by Crippen LogP contribution is -2.11. The second-order valence-corrected chi connectivity index (χ2v) is 6.59. The van der Waals surface area contributed by atoms with Gasteiger partial charge in [0, 0.05) is 12.8 Å². The lowest BCUT2D eigenvalue weighted by atomic mass is 9.85. The van der Waals surface area contributed by atoms with Crippen LogP contribution in [0.25, 0.3) is 0 Å². The molecular weight excluding hydrogens is 268 g/mol. The van der Waals surface area contributed by atoms with Gasteiger partial charge in [0.15, 0.2) is 0 Å². The molecule has 1 nitrogen and oxygen atoms in total. The van der Waals surface area contributed by atoms with Gasteiger partial charge in [-0.15, -0.1) is 0 Å². The van der Waals surface area contributed by atoms with Crippen LogP contribution >= 0.6 is 0 Å². The van der Waals surface area contributed by atoms with Crippen LogP contribution in [0.15, 0.2) is 36.5 Å². The minimum absolute atomic E-state index is 0.441. The van der Waals surface area contributed by atoms with E-state index in [1.54, 1.807) is 0 Å². The first kappa shape index (κ1) is 18.9. The molecule has 1 unspecified atom stereocenters. The molecule has 0 fully saturated rings. The Bertz CT molecular complexity index is 389. The maximum absolute atomic E-state index is 11.9. The molecular formula is C21H34O. The lowest BCUT2D eigenvalue weighted by molar-refractivity contribution is -0.119. The summed E-state index contributed by atoms with van der Waals surface area (Å²) in [7, 11) is 0. The molecule has 22 heavy (non-hydrogen) atoms. The molecule has 0 saturated heterocycles. The number of carbonyl (C=O) groups is 1.